The Labute approximate surface area is 88.6 Å². The summed E-state index contributed by atoms with van der Waals surface area (Å²) < 4.78 is 9.82. The van der Waals surface area contributed by atoms with Crippen molar-refractivity contribution < 1.29 is 19.1 Å². The van der Waals surface area contributed by atoms with Crippen molar-refractivity contribution in [2.45, 2.75) is 25.9 Å². The highest BCUT2D eigenvalue weighted by atomic mass is 16.5. The van der Waals surface area contributed by atoms with Crippen LogP contribution in [0.5, 0.6) is 0 Å². The van der Waals surface area contributed by atoms with Gasteiger partial charge in [0.05, 0.1) is 12.9 Å². The number of carbonyl (C=O) groups excluding carboxylic acids is 2. The monoisotopic (exact) mass is 210 g/mol. The van der Waals surface area contributed by atoms with Crippen LogP contribution < -0.4 is 0 Å². The van der Waals surface area contributed by atoms with Gasteiger partial charge >= 0.3 is 5.97 Å². The SMILES string of the molecule is COC(=O)/C=C/CC1(C)OC(C)=CC1=O. The summed E-state index contributed by atoms with van der Waals surface area (Å²) in [5.74, 6) is 0.0946. The highest BCUT2D eigenvalue weighted by Crippen LogP contribution is 2.27. The van der Waals surface area contributed by atoms with Gasteiger partial charge in [0.2, 0.25) is 5.78 Å². The fraction of sp³-hybridized carbons (Fsp3) is 0.455. The van der Waals surface area contributed by atoms with E-state index in [9.17, 15) is 9.59 Å². The maximum Gasteiger partial charge on any atom is 0.330 e. The van der Waals surface area contributed by atoms with Gasteiger partial charge in [-0.05, 0) is 13.8 Å². The molecule has 0 saturated heterocycles. The maximum atomic E-state index is 11.5. The topological polar surface area (TPSA) is 52.6 Å². The van der Waals surface area contributed by atoms with Crippen molar-refractivity contribution in [3.8, 4) is 0 Å². The number of rotatable bonds is 3. The molecule has 0 aromatic heterocycles. The summed E-state index contributed by atoms with van der Waals surface area (Å²) in [6, 6.07) is 0. The zero-order valence-electron chi connectivity index (χ0n) is 9.07. The molecular weight excluding hydrogens is 196 g/mol. The van der Waals surface area contributed by atoms with Crippen LogP contribution >= 0.6 is 0 Å². The van der Waals surface area contributed by atoms with Crippen molar-refractivity contribution in [1.29, 1.82) is 0 Å². The van der Waals surface area contributed by atoms with E-state index in [0.29, 0.717) is 12.2 Å². The van der Waals surface area contributed by atoms with Gasteiger partial charge < -0.3 is 9.47 Å². The van der Waals surface area contributed by atoms with Crippen LogP contribution in [-0.4, -0.2) is 24.5 Å². The van der Waals surface area contributed by atoms with E-state index in [1.807, 2.05) is 0 Å². The van der Waals surface area contributed by atoms with Gasteiger partial charge in [-0.1, -0.05) is 6.08 Å². The van der Waals surface area contributed by atoms with Crippen LogP contribution in [0.1, 0.15) is 20.3 Å². The molecule has 0 saturated carbocycles. The van der Waals surface area contributed by atoms with Crippen LogP contribution in [0, 0.1) is 0 Å². The molecule has 82 valence electrons. The summed E-state index contributed by atoms with van der Waals surface area (Å²) in [6.07, 6.45) is 4.69. The van der Waals surface area contributed by atoms with Crippen LogP contribution in [0.2, 0.25) is 0 Å². The fourth-order valence-corrected chi connectivity index (χ4v) is 1.36. The molecule has 1 unspecified atom stereocenters. The second kappa shape index (κ2) is 4.29. The molecule has 0 N–H and O–H groups in total. The van der Waals surface area contributed by atoms with Crippen LogP contribution in [0.15, 0.2) is 24.0 Å². The van der Waals surface area contributed by atoms with Gasteiger partial charge in [0, 0.05) is 18.6 Å². The fourth-order valence-electron chi connectivity index (χ4n) is 1.36. The maximum absolute atomic E-state index is 11.5. The van der Waals surface area contributed by atoms with Gasteiger partial charge in [0.15, 0.2) is 5.60 Å². The first-order valence-electron chi connectivity index (χ1n) is 4.64. The van der Waals surface area contributed by atoms with Crippen molar-refractivity contribution in [3.63, 3.8) is 0 Å². The van der Waals surface area contributed by atoms with E-state index in [4.69, 9.17) is 4.74 Å². The summed E-state index contributed by atoms with van der Waals surface area (Å²) >= 11 is 0. The minimum absolute atomic E-state index is 0.0745. The summed E-state index contributed by atoms with van der Waals surface area (Å²) in [4.78, 5) is 22.3. The zero-order valence-corrected chi connectivity index (χ0v) is 9.07. The zero-order chi connectivity index (χ0) is 11.5. The van der Waals surface area contributed by atoms with Gasteiger partial charge in [-0.2, -0.15) is 0 Å². The molecule has 0 aromatic carbocycles. The van der Waals surface area contributed by atoms with Crippen molar-refractivity contribution >= 4 is 11.8 Å². The molecule has 4 nitrogen and oxygen atoms in total. The number of ketones is 1. The number of carbonyl (C=O) groups is 2. The first-order chi connectivity index (χ1) is 6.98. The van der Waals surface area contributed by atoms with Gasteiger partial charge in [-0.25, -0.2) is 4.79 Å². The Morgan fingerprint density at radius 1 is 1.67 bits per heavy atom. The second-order valence-corrected chi connectivity index (χ2v) is 3.58. The Bertz CT molecular complexity index is 340. The number of hydrogen-bond acceptors (Lipinski definition) is 4. The third kappa shape index (κ3) is 2.68. The Balaban J connectivity index is 2.56. The summed E-state index contributed by atoms with van der Waals surface area (Å²) in [5.41, 5.74) is -0.866. The normalized spacial score (nSPS) is 25.3. The molecule has 0 fully saturated rings. The van der Waals surface area contributed by atoms with E-state index in [0.717, 1.165) is 0 Å². The first-order valence-corrected chi connectivity index (χ1v) is 4.64. The second-order valence-electron chi connectivity index (χ2n) is 3.58. The highest BCUT2D eigenvalue weighted by Gasteiger charge is 2.37. The summed E-state index contributed by atoms with van der Waals surface area (Å²) in [6.45, 7) is 3.43. The lowest BCUT2D eigenvalue weighted by molar-refractivity contribution is -0.135. The van der Waals surface area contributed by atoms with E-state index in [2.05, 4.69) is 4.74 Å². The molecule has 1 atom stereocenters. The standard InChI is InChI=1S/C11H14O4/c1-8-7-9(12)11(2,15-8)6-4-5-10(13)14-3/h4-5,7H,6H2,1-3H3/b5-4+. The van der Waals surface area contributed by atoms with Crippen molar-refractivity contribution in [1.82, 2.24) is 0 Å². The average Bonchev–Trinajstić information content (AvgIpc) is 2.40. The lowest BCUT2D eigenvalue weighted by Gasteiger charge is -2.21. The number of esters is 1. The minimum Gasteiger partial charge on any atom is -0.484 e. The molecule has 1 aliphatic heterocycles. The quantitative estimate of drug-likeness (QED) is 0.521. The van der Waals surface area contributed by atoms with Gasteiger partial charge in [0.25, 0.3) is 0 Å². The number of ether oxygens (including phenoxy) is 2. The van der Waals surface area contributed by atoms with Gasteiger partial charge in [-0.3, -0.25) is 4.79 Å². The summed E-state index contributed by atoms with van der Waals surface area (Å²) in [7, 11) is 1.30. The Morgan fingerprint density at radius 2 is 2.33 bits per heavy atom. The molecule has 0 aromatic rings. The van der Waals surface area contributed by atoms with Crippen molar-refractivity contribution in [2.24, 2.45) is 0 Å². The number of allylic oxidation sites excluding steroid dienone is 1. The lowest BCUT2D eigenvalue weighted by Crippen LogP contribution is -2.31. The Kier molecular flexibility index (Phi) is 3.29. The van der Waals surface area contributed by atoms with Crippen LogP contribution in [-0.2, 0) is 19.1 Å². The van der Waals surface area contributed by atoms with E-state index < -0.39 is 11.6 Å². The van der Waals surface area contributed by atoms with E-state index in [-0.39, 0.29) is 5.78 Å². The molecule has 15 heavy (non-hydrogen) atoms. The molecule has 0 amide bonds. The predicted molar refractivity (Wildman–Crippen MR) is 54.0 cm³/mol. The first kappa shape index (κ1) is 11.5. The minimum atomic E-state index is -0.866. The number of methoxy groups -OCH3 is 1. The lowest BCUT2D eigenvalue weighted by atomic mass is 9.98. The summed E-state index contributed by atoms with van der Waals surface area (Å²) in [5, 5.41) is 0. The van der Waals surface area contributed by atoms with E-state index >= 15 is 0 Å². The molecule has 1 heterocycles. The third-order valence-electron chi connectivity index (χ3n) is 2.20. The Morgan fingerprint density at radius 3 is 2.80 bits per heavy atom. The molecule has 0 aliphatic carbocycles. The molecule has 1 rings (SSSR count). The van der Waals surface area contributed by atoms with Crippen LogP contribution in [0.3, 0.4) is 0 Å². The van der Waals surface area contributed by atoms with Crippen LogP contribution in [0.4, 0.5) is 0 Å². The third-order valence-corrected chi connectivity index (χ3v) is 2.20. The van der Waals surface area contributed by atoms with E-state index in [1.165, 1.54) is 19.3 Å². The smallest absolute Gasteiger partial charge is 0.330 e. The molecule has 0 spiro atoms. The van der Waals surface area contributed by atoms with Gasteiger partial charge in [0.1, 0.15) is 0 Å². The molecule has 1 aliphatic rings. The van der Waals surface area contributed by atoms with E-state index in [1.54, 1.807) is 19.9 Å². The Hall–Kier alpha value is -1.58. The molecule has 0 radical (unpaired) electrons. The van der Waals surface area contributed by atoms with Crippen molar-refractivity contribution in [3.05, 3.63) is 24.0 Å². The molecule has 0 bridgehead atoms. The van der Waals surface area contributed by atoms with Crippen molar-refractivity contribution in [2.75, 3.05) is 7.11 Å². The highest BCUT2D eigenvalue weighted by molar-refractivity contribution is 5.99. The molecule has 4 heteroatoms. The van der Waals surface area contributed by atoms with Gasteiger partial charge in [-0.15, -0.1) is 0 Å². The number of hydrogen-bond donors (Lipinski definition) is 0. The molecular formula is C11H14O4. The predicted octanol–water partition coefficient (Wildman–Crippen LogP) is 1.37. The van der Waals surface area contributed by atoms with Crippen LogP contribution in [0.25, 0.3) is 0 Å². The largest absolute Gasteiger partial charge is 0.484 e. The average molecular weight is 210 g/mol.